The number of rotatable bonds is 9. The van der Waals surface area contributed by atoms with Crippen LogP contribution in [0.3, 0.4) is 0 Å². The molecule has 0 bridgehead atoms. The summed E-state index contributed by atoms with van der Waals surface area (Å²) >= 11 is 5.92. The van der Waals surface area contributed by atoms with Crippen molar-refractivity contribution >= 4 is 23.2 Å². The van der Waals surface area contributed by atoms with E-state index in [0.717, 1.165) is 0 Å². The van der Waals surface area contributed by atoms with E-state index >= 15 is 0 Å². The van der Waals surface area contributed by atoms with E-state index in [2.05, 4.69) is 5.32 Å². The number of anilines is 1. The minimum Gasteiger partial charge on any atom is -0.495 e. The summed E-state index contributed by atoms with van der Waals surface area (Å²) in [5, 5.41) is 12.9. The average molecular weight is 331 g/mol. The number of aliphatic hydroxyl groups excluding tert-OH is 1. The van der Waals surface area contributed by atoms with Crippen LogP contribution < -0.4 is 10.1 Å². The van der Waals surface area contributed by atoms with Crippen molar-refractivity contribution in [1.29, 1.82) is 0 Å². The monoisotopic (exact) mass is 330 g/mol. The first-order valence-electron chi connectivity index (χ1n) is 6.95. The minimum atomic E-state index is -0.564. The second kappa shape index (κ2) is 9.63. The summed E-state index contributed by atoms with van der Waals surface area (Å²) in [7, 11) is 4.91. The molecule has 0 spiro atoms. The zero-order valence-electron chi connectivity index (χ0n) is 13.1. The predicted molar refractivity (Wildman–Crippen MR) is 86.6 cm³/mol. The second-order valence-corrected chi connectivity index (χ2v) is 5.45. The highest BCUT2D eigenvalue weighted by Crippen LogP contribution is 2.27. The molecule has 0 aromatic heterocycles. The number of likely N-dealkylation sites (N-methyl/N-ethyl adjacent to an activating group) is 1. The number of nitrogens with one attached hydrogen (secondary N) is 1. The van der Waals surface area contributed by atoms with Crippen LogP contribution in [0.5, 0.6) is 5.75 Å². The molecule has 0 aliphatic rings. The molecule has 1 amide bonds. The summed E-state index contributed by atoms with van der Waals surface area (Å²) in [6, 6.07) is 5.04. The van der Waals surface area contributed by atoms with Gasteiger partial charge in [0.05, 0.1) is 25.5 Å². The van der Waals surface area contributed by atoms with Gasteiger partial charge in [-0.25, -0.2) is 0 Å². The van der Waals surface area contributed by atoms with Gasteiger partial charge in [-0.15, -0.1) is 0 Å². The number of ether oxygens (including phenoxy) is 2. The Morgan fingerprint density at radius 2 is 2.18 bits per heavy atom. The van der Waals surface area contributed by atoms with Gasteiger partial charge < -0.3 is 24.8 Å². The Balaban J connectivity index is 2.45. The number of nitrogens with zero attached hydrogens (tertiary/aromatic N) is 1. The molecular weight excluding hydrogens is 308 g/mol. The van der Waals surface area contributed by atoms with Crippen molar-refractivity contribution in [3.05, 3.63) is 23.2 Å². The van der Waals surface area contributed by atoms with Gasteiger partial charge in [0, 0.05) is 31.6 Å². The molecule has 2 N–H and O–H groups in total. The van der Waals surface area contributed by atoms with Crippen molar-refractivity contribution in [1.82, 2.24) is 4.90 Å². The summed E-state index contributed by atoms with van der Waals surface area (Å²) in [5.74, 6) is 0.412. The quantitative estimate of drug-likeness (QED) is 0.720. The summed E-state index contributed by atoms with van der Waals surface area (Å²) in [6.45, 7) is 1.24. The van der Waals surface area contributed by atoms with Gasteiger partial charge in [0.15, 0.2) is 0 Å². The van der Waals surface area contributed by atoms with Crippen LogP contribution in [0.25, 0.3) is 0 Å². The third-order valence-electron chi connectivity index (χ3n) is 3.04. The van der Waals surface area contributed by atoms with Gasteiger partial charge in [-0.1, -0.05) is 11.6 Å². The number of carbonyl (C=O) groups excluding carboxylic acids is 1. The summed E-state index contributed by atoms with van der Waals surface area (Å²) in [4.78, 5) is 13.9. The van der Waals surface area contributed by atoms with E-state index in [1.165, 1.54) is 14.2 Å². The summed E-state index contributed by atoms with van der Waals surface area (Å²) < 4.78 is 10.0. The van der Waals surface area contributed by atoms with Crippen LogP contribution in [0.1, 0.15) is 6.42 Å². The molecule has 22 heavy (non-hydrogen) atoms. The molecule has 0 saturated heterocycles. The second-order valence-electron chi connectivity index (χ2n) is 5.01. The molecule has 124 valence electrons. The number of carbonyl (C=O) groups is 1. The first kappa shape index (κ1) is 18.7. The Morgan fingerprint density at radius 3 is 2.82 bits per heavy atom. The molecule has 0 heterocycles. The minimum absolute atomic E-state index is 0.145. The standard InChI is InChI=1S/C15H23ClN2O4/c1-18(9-12(19)10-21-2)7-6-15(20)17-13-8-11(16)4-5-14(13)22-3/h4-5,8,12,19H,6-7,9-10H2,1-3H3,(H,17,20)/t12-/m0/s1. The molecule has 0 unspecified atom stereocenters. The summed E-state index contributed by atoms with van der Waals surface area (Å²) in [5.41, 5.74) is 0.544. The largest absolute Gasteiger partial charge is 0.495 e. The molecule has 0 fully saturated rings. The van der Waals surface area contributed by atoms with Gasteiger partial charge in [-0.05, 0) is 25.2 Å². The normalized spacial score (nSPS) is 12.3. The number of hydrogen-bond acceptors (Lipinski definition) is 5. The molecule has 1 rings (SSSR count). The Bertz CT molecular complexity index is 485. The van der Waals surface area contributed by atoms with Crippen LogP contribution in [-0.4, -0.2) is 63.0 Å². The van der Waals surface area contributed by atoms with Gasteiger partial charge in [-0.2, -0.15) is 0 Å². The van der Waals surface area contributed by atoms with Gasteiger partial charge in [0.25, 0.3) is 0 Å². The lowest BCUT2D eigenvalue weighted by atomic mass is 10.2. The number of methoxy groups -OCH3 is 2. The molecule has 0 saturated carbocycles. The fourth-order valence-electron chi connectivity index (χ4n) is 1.98. The molecule has 6 nitrogen and oxygen atoms in total. The lowest BCUT2D eigenvalue weighted by Gasteiger charge is -2.20. The average Bonchev–Trinajstić information content (AvgIpc) is 2.45. The smallest absolute Gasteiger partial charge is 0.225 e. The fraction of sp³-hybridized carbons (Fsp3) is 0.533. The number of hydrogen-bond donors (Lipinski definition) is 2. The van der Waals surface area contributed by atoms with Gasteiger partial charge >= 0.3 is 0 Å². The Morgan fingerprint density at radius 1 is 1.45 bits per heavy atom. The van der Waals surface area contributed by atoms with Crippen molar-refractivity contribution in [2.24, 2.45) is 0 Å². The molecule has 7 heteroatoms. The van der Waals surface area contributed by atoms with Crippen LogP contribution in [0.15, 0.2) is 18.2 Å². The van der Waals surface area contributed by atoms with Crippen LogP contribution in [-0.2, 0) is 9.53 Å². The molecule has 0 aliphatic carbocycles. The first-order chi connectivity index (χ1) is 10.5. The van der Waals surface area contributed by atoms with E-state index in [1.807, 2.05) is 11.9 Å². The van der Waals surface area contributed by atoms with E-state index in [4.69, 9.17) is 21.1 Å². The predicted octanol–water partition coefficient (Wildman–Crippen LogP) is 1.62. The van der Waals surface area contributed by atoms with Crippen molar-refractivity contribution in [2.45, 2.75) is 12.5 Å². The Hall–Kier alpha value is -1.34. The fourth-order valence-corrected chi connectivity index (χ4v) is 2.15. The van der Waals surface area contributed by atoms with Crippen LogP contribution in [0, 0.1) is 0 Å². The van der Waals surface area contributed by atoms with Crippen LogP contribution in [0.2, 0.25) is 5.02 Å². The van der Waals surface area contributed by atoms with E-state index in [0.29, 0.717) is 36.0 Å². The number of aliphatic hydroxyl groups is 1. The van der Waals surface area contributed by atoms with E-state index < -0.39 is 6.10 Å². The van der Waals surface area contributed by atoms with E-state index in [-0.39, 0.29) is 12.5 Å². The molecule has 1 aromatic rings. The van der Waals surface area contributed by atoms with Crippen LogP contribution in [0.4, 0.5) is 5.69 Å². The maximum atomic E-state index is 12.0. The Kier molecular flexibility index (Phi) is 8.19. The number of benzene rings is 1. The van der Waals surface area contributed by atoms with Gasteiger partial charge in [0.1, 0.15) is 5.75 Å². The van der Waals surface area contributed by atoms with Crippen molar-refractivity contribution < 1.29 is 19.4 Å². The van der Waals surface area contributed by atoms with Crippen molar-refractivity contribution in [3.63, 3.8) is 0 Å². The van der Waals surface area contributed by atoms with E-state index in [9.17, 15) is 9.90 Å². The lowest BCUT2D eigenvalue weighted by molar-refractivity contribution is -0.116. The highest BCUT2D eigenvalue weighted by atomic mass is 35.5. The van der Waals surface area contributed by atoms with Crippen molar-refractivity contribution in [3.8, 4) is 5.75 Å². The third-order valence-corrected chi connectivity index (χ3v) is 3.27. The highest BCUT2D eigenvalue weighted by Gasteiger charge is 2.11. The van der Waals surface area contributed by atoms with Gasteiger partial charge in [-0.3, -0.25) is 4.79 Å². The third kappa shape index (κ3) is 6.62. The Labute approximate surface area is 136 Å². The SMILES string of the molecule is COC[C@@H](O)CN(C)CCC(=O)Nc1cc(Cl)ccc1OC. The van der Waals surface area contributed by atoms with Crippen LogP contribution >= 0.6 is 11.6 Å². The van der Waals surface area contributed by atoms with Gasteiger partial charge in [0.2, 0.25) is 5.91 Å². The molecular formula is C15H23ClN2O4. The molecule has 0 radical (unpaired) electrons. The van der Waals surface area contributed by atoms with E-state index in [1.54, 1.807) is 18.2 Å². The lowest BCUT2D eigenvalue weighted by Crippen LogP contribution is -2.33. The number of halogens is 1. The van der Waals surface area contributed by atoms with Crippen molar-refractivity contribution in [2.75, 3.05) is 46.3 Å². The number of amides is 1. The zero-order chi connectivity index (χ0) is 16.5. The molecule has 0 aliphatic heterocycles. The summed E-state index contributed by atoms with van der Waals surface area (Å²) in [6.07, 6.45) is -0.266. The molecule has 1 aromatic carbocycles. The highest BCUT2D eigenvalue weighted by molar-refractivity contribution is 6.31. The maximum Gasteiger partial charge on any atom is 0.225 e. The maximum absolute atomic E-state index is 12.0. The first-order valence-corrected chi connectivity index (χ1v) is 7.33. The topological polar surface area (TPSA) is 71.0 Å². The zero-order valence-corrected chi connectivity index (χ0v) is 13.9. The molecule has 1 atom stereocenters.